The SMILES string of the molecule is CC(O)c1cn(C2CCC(C(=O)O)NC2)nn1. The normalized spacial score (nSPS) is 26.7. The second kappa shape index (κ2) is 4.80. The maximum absolute atomic E-state index is 10.8. The Balaban J connectivity index is 1.98. The van der Waals surface area contributed by atoms with Crippen LogP contribution in [0.25, 0.3) is 0 Å². The lowest BCUT2D eigenvalue weighted by atomic mass is 10.0. The van der Waals surface area contributed by atoms with Crippen LogP contribution in [0.15, 0.2) is 6.20 Å². The fraction of sp³-hybridized carbons (Fsp3) is 0.700. The number of piperidine rings is 1. The minimum atomic E-state index is -0.813. The Hall–Kier alpha value is -1.47. The Bertz CT molecular complexity index is 396. The Morgan fingerprint density at radius 3 is 2.88 bits per heavy atom. The van der Waals surface area contributed by atoms with E-state index in [0.717, 1.165) is 6.42 Å². The number of aliphatic hydroxyl groups excluding tert-OH is 1. The van der Waals surface area contributed by atoms with Crippen molar-refractivity contribution in [1.29, 1.82) is 0 Å². The molecule has 1 aromatic rings. The lowest BCUT2D eigenvalue weighted by Crippen LogP contribution is -2.44. The monoisotopic (exact) mass is 240 g/mol. The average Bonchev–Trinajstić information content (AvgIpc) is 2.78. The molecule has 3 N–H and O–H groups in total. The first-order chi connectivity index (χ1) is 8.08. The van der Waals surface area contributed by atoms with Crippen LogP contribution >= 0.6 is 0 Å². The van der Waals surface area contributed by atoms with Gasteiger partial charge in [0.1, 0.15) is 11.7 Å². The van der Waals surface area contributed by atoms with Gasteiger partial charge in [-0.05, 0) is 19.8 Å². The summed E-state index contributed by atoms with van der Waals surface area (Å²) in [7, 11) is 0. The molecule has 2 rings (SSSR count). The summed E-state index contributed by atoms with van der Waals surface area (Å²) in [5, 5.41) is 29.0. The van der Waals surface area contributed by atoms with E-state index in [1.807, 2.05) is 0 Å². The first kappa shape index (κ1) is 12.0. The molecule has 2 heterocycles. The second-order valence-electron chi connectivity index (χ2n) is 4.33. The predicted octanol–water partition coefficient (Wildman–Crippen LogP) is -0.291. The van der Waals surface area contributed by atoms with Gasteiger partial charge in [-0.25, -0.2) is 4.68 Å². The van der Waals surface area contributed by atoms with E-state index in [9.17, 15) is 9.90 Å². The van der Waals surface area contributed by atoms with Crippen molar-refractivity contribution in [2.75, 3.05) is 6.54 Å². The molecule has 3 atom stereocenters. The zero-order chi connectivity index (χ0) is 12.4. The van der Waals surface area contributed by atoms with Crippen LogP contribution in [0.5, 0.6) is 0 Å². The van der Waals surface area contributed by atoms with Gasteiger partial charge in [0.05, 0.1) is 18.3 Å². The molecule has 0 aromatic carbocycles. The zero-order valence-corrected chi connectivity index (χ0v) is 9.58. The Morgan fingerprint density at radius 2 is 2.41 bits per heavy atom. The number of aromatic nitrogens is 3. The van der Waals surface area contributed by atoms with Crippen LogP contribution in [0.1, 0.15) is 37.6 Å². The predicted molar refractivity (Wildman–Crippen MR) is 58.4 cm³/mol. The van der Waals surface area contributed by atoms with E-state index in [-0.39, 0.29) is 6.04 Å². The summed E-state index contributed by atoms with van der Waals surface area (Å²) < 4.78 is 1.69. The molecule has 0 radical (unpaired) electrons. The first-order valence-electron chi connectivity index (χ1n) is 5.64. The highest BCUT2D eigenvalue weighted by Crippen LogP contribution is 2.20. The van der Waals surface area contributed by atoms with E-state index >= 15 is 0 Å². The zero-order valence-electron chi connectivity index (χ0n) is 9.58. The fourth-order valence-corrected chi connectivity index (χ4v) is 1.94. The molecule has 7 heteroatoms. The summed E-state index contributed by atoms with van der Waals surface area (Å²) in [6, 6.07) is -0.364. The van der Waals surface area contributed by atoms with Crippen LogP contribution in [0.3, 0.4) is 0 Å². The van der Waals surface area contributed by atoms with Crippen molar-refractivity contribution in [3.8, 4) is 0 Å². The quantitative estimate of drug-likeness (QED) is 0.671. The number of carbonyl (C=O) groups is 1. The molecule has 0 saturated carbocycles. The van der Waals surface area contributed by atoms with Crippen LogP contribution in [-0.2, 0) is 4.79 Å². The van der Waals surface area contributed by atoms with Crippen LogP contribution in [0.4, 0.5) is 0 Å². The lowest BCUT2D eigenvalue weighted by Gasteiger charge is -2.27. The number of nitrogens with zero attached hydrogens (tertiary/aromatic N) is 3. The third-order valence-corrected chi connectivity index (χ3v) is 3.02. The van der Waals surface area contributed by atoms with E-state index in [4.69, 9.17) is 5.11 Å². The van der Waals surface area contributed by atoms with Gasteiger partial charge in [0.2, 0.25) is 0 Å². The number of hydrogen-bond acceptors (Lipinski definition) is 5. The number of carboxylic acids is 1. The van der Waals surface area contributed by atoms with Crippen molar-refractivity contribution >= 4 is 5.97 Å². The Labute approximate surface area is 98.4 Å². The molecule has 1 aliphatic heterocycles. The molecule has 1 saturated heterocycles. The van der Waals surface area contributed by atoms with Crippen molar-refractivity contribution in [3.05, 3.63) is 11.9 Å². The highest BCUT2D eigenvalue weighted by Gasteiger charge is 2.26. The summed E-state index contributed by atoms with van der Waals surface area (Å²) in [6.07, 6.45) is 2.39. The highest BCUT2D eigenvalue weighted by atomic mass is 16.4. The smallest absolute Gasteiger partial charge is 0.320 e. The maximum atomic E-state index is 10.8. The van der Waals surface area contributed by atoms with E-state index in [0.29, 0.717) is 18.7 Å². The van der Waals surface area contributed by atoms with Gasteiger partial charge in [-0.2, -0.15) is 0 Å². The van der Waals surface area contributed by atoms with Gasteiger partial charge in [0, 0.05) is 6.54 Å². The average molecular weight is 240 g/mol. The van der Waals surface area contributed by atoms with E-state index in [1.54, 1.807) is 17.8 Å². The number of aliphatic carboxylic acids is 1. The molecule has 1 aliphatic rings. The van der Waals surface area contributed by atoms with Gasteiger partial charge in [-0.15, -0.1) is 5.10 Å². The second-order valence-corrected chi connectivity index (χ2v) is 4.33. The van der Waals surface area contributed by atoms with Crippen LogP contribution in [0.2, 0.25) is 0 Å². The van der Waals surface area contributed by atoms with Crippen LogP contribution in [-0.4, -0.2) is 43.8 Å². The fourth-order valence-electron chi connectivity index (χ4n) is 1.94. The summed E-state index contributed by atoms with van der Waals surface area (Å²) in [5.74, 6) is -0.813. The van der Waals surface area contributed by atoms with Crippen LogP contribution < -0.4 is 5.32 Å². The minimum Gasteiger partial charge on any atom is -0.480 e. The summed E-state index contributed by atoms with van der Waals surface area (Å²) in [4.78, 5) is 10.8. The van der Waals surface area contributed by atoms with Gasteiger partial charge in [0.25, 0.3) is 0 Å². The number of nitrogens with one attached hydrogen (secondary N) is 1. The van der Waals surface area contributed by atoms with Crippen molar-refractivity contribution in [3.63, 3.8) is 0 Å². The molecule has 3 unspecified atom stereocenters. The van der Waals surface area contributed by atoms with Gasteiger partial charge < -0.3 is 15.5 Å². The van der Waals surface area contributed by atoms with E-state index in [2.05, 4.69) is 15.6 Å². The number of aliphatic hydroxyl groups is 1. The molecule has 7 nitrogen and oxygen atoms in total. The highest BCUT2D eigenvalue weighted by molar-refractivity contribution is 5.73. The van der Waals surface area contributed by atoms with Crippen LogP contribution in [0, 0.1) is 0 Å². The third-order valence-electron chi connectivity index (χ3n) is 3.02. The first-order valence-corrected chi connectivity index (χ1v) is 5.64. The molecular weight excluding hydrogens is 224 g/mol. The van der Waals surface area contributed by atoms with Gasteiger partial charge in [0.15, 0.2) is 0 Å². The van der Waals surface area contributed by atoms with E-state index < -0.39 is 18.1 Å². The summed E-state index contributed by atoms with van der Waals surface area (Å²) in [5.41, 5.74) is 0.533. The van der Waals surface area contributed by atoms with Gasteiger partial charge >= 0.3 is 5.97 Å². The third kappa shape index (κ3) is 2.62. The minimum absolute atomic E-state index is 0.102. The molecule has 0 spiro atoms. The maximum Gasteiger partial charge on any atom is 0.320 e. The summed E-state index contributed by atoms with van der Waals surface area (Å²) in [6.45, 7) is 2.19. The van der Waals surface area contributed by atoms with Crippen molar-refractivity contribution in [2.45, 2.75) is 38.0 Å². The number of rotatable bonds is 3. The molecule has 0 amide bonds. The molecule has 0 bridgehead atoms. The molecule has 1 fully saturated rings. The largest absolute Gasteiger partial charge is 0.480 e. The molecule has 17 heavy (non-hydrogen) atoms. The standard InChI is InChI=1S/C10H16N4O3/c1-6(15)9-5-14(13-12-9)7-2-3-8(10(16)17)11-4-7/h5-8,11,15H,2-4H2,1H3,(H,16,17). The lowest BCUT2D eigenvalue weighted by molar-refractivity contribution is -0.140. The molecule has 0 aliphatic carbocycles. The number of carboxylic acid groups (broad SMARTS) is 1. The Morgan fingerprint density at radius 1 is 1.65 bits per heavy atom. The van der Waals surface area contributed by atoms with Gasteiger partial charge in [-0.3, -0.25) is 4.79 Å². The topological polar surface area (TPSA) is 100 Å². The molecule has 94 valence electrons. The number of hydrogen-bond donors (Lipinski definition) is 3. The Kier molecular flexibility index (Phi) is 3.39. The van der Waals surface area contributed by atoms with Crippen molar-refractivity contribution in [1.82, 2.24) is 20.3 Å². The van der Waals surface area contributed by atoms with Crippen molar-refractivity contribution < 1.29 is 15.0 Å². The van der Waals surface area contributed by atoms with Gasteiger partial charge in [-0.1, -0.05) is 5.21 Å². The molecular formula is C10H16N4O3. The molecule has 1 aromatic heterocycles. The van der Waals surface area contributed by atoms with Crippen molar-refractivity contribution in [2.24, 2.45) is 0 Å². The van der Waals surface area contributed by atoms with E-state index in [1.165, 1.54) is 0 Å². The summed E-state index contributed by atoms with van der Waals surface area (Å²) >= 11 is 0.